The van der Waals surface area contributed by atoms with Crippen molar-refractivity contribution in [3.05, 3.63) is 118 Å². The first kappa shape index (κ1) is 27.3. The number of carboxylic acid groups (broad SMARTS) is 1. The number of fused-ring (bicyclic) bond motifs is 2. The number of ether oxygens (including phenoxy) is 3. The predicted octanol–water partition coefficient (Wildman–Crippen LogP) is 5.99. The van der Waals surface area contributed by atoms with Crippen molar-refractivity contribution < 1.29 is 28.5 Å². The zero-order valence-corrected chi connectivity index (χ0v) is 23.2. The molecular formula is C33H25N3O7. The third kappa shape index (κ3) is 5.41. The number of carbonyl (C=O) groups is 1. The van der Waals surface area contributed by atoms with Crippen molar-refractivity contribution in [1.29, 1.82) is 0 Å². The molecule has 0 bridgehead atoms. The maximum atomic E-state index is 13.6. The van der Waals surface area contributed by atoms with Crippen molar-refractivity contribution >= 4 is 34.1 Å². The largest absolute Gasteiger partial charge is 0.496 e. The summed E-state index contributed by atoms with van der Waals surface area (Å²) in [5.74, 6) is 1.19. The summed E-state index contributed by atoms with van der Waals surface area (Å²) < 4.78 is 24.2. The summed E-state index contributed by atoms with van der Waals surface area (Å²) in [6, 6.07) is 26.0. The Kier molecular flexibility index (Phi) is 7.32. The second-order valence-corrected chi connectivity index (χ2v) is 9.50. The van der Waals surface area contributed by atoms with E-state index in [0.717, 1.165) is 10.9 Å². The molecule has 0 saturated heterocycles. The van der Waals surface area contributed by atoms with Gasteiger partial charge in [-0.3, -0.25) is 4.79 Å². The average Bonchev–Trinajstić information content (AvgIpc) is 3.48. The molecule has 0 saturated carbocycles. The van der Waals surface area contributed by atoms with Gasteiger partial charge in [0.1, 0.15) is 17.9 Å². The molecule has 10 heteroatoms. The molecule has 6 aromatic rings. The fourth-order valence-corrected chi connectivity index (χ4v) is 4.63. The molecule has 10 nitrogen and oxygen atoms in total. The maximum Gasteiger partial charge on any atom is 0.335 e. The van der Waals surface area contributed by atoms with Crippen LogP contribution in [0.2, 0.25) is 0 Å². The summed E-state index contributed by atoms with van der Waals surface area (Å²) >= 11 is 0. The highest BCUT2D eigenvalue weighted by molar-refractivity contribution is 5.89. The fourth-order valence-electron chi connectivity index (χ4n) is 4.63. The molecule has 0 radical (unpaired) electrons. The van der Waals surface area contributed by atoms with Crippen LogP contribution in [0.15, 0.2) is 105 Å². The number of hydrogen-bond acceptors (Lipinski definition) is 8. The molecule has 0 atom stereocenters. The van der Waals surface area contributed by atoms with Gasteiger partial charge in [-0.2, -0.15) is 9.78 Å². The van der Waals surface area contributed by atoms with E-state index in [1.54, 1.807) is 61.7 Å². The Bertz CT molecular complexity index is 2060. The quantitative estimate of drug-likeness (QED) is 0.209. The van der Waals surface area contributed by atoms with Crippen LogP contribution in [0.1, 0.15) is 21.5 Å². The number of hydrogen-bond donors (Lipinski definition) is 1. The van der Waals surface area contributed by atoms with E-state index in [4.69, 9.17) is 28.7 Å². The minimum absolute atomic E-state index is 0.203. The second kappa shape index (κ2) is 11.5. The third-order valence-electron chi connectivity index (χ3n) is 6.82. The summed E-state index contributed by atoms with van der Waals surface area (Å²) in [4.78, 5) is 29.4. The molecule has 0 fully saturated rings. The molecule has 2 heterocycles. The van der Waals surface area contributed by atoms with Crippen LogP contribution in [-0.2, 0) is 6.61 Å². The standard InChI is InChI=1S/C33H25N3O7/c1-40-26-8-5-9-27-24(26)17-30(43-27)31-35-25-7-4-3-6-23(25)32(37)36(31)34-18-21-12-15-28(29(16-21)41-2)42-19-20-10-13-22(14-11-20)33(38)39/h3-18H,19H2,1-2H3,(H,38,39). The zero-order valence-electron chi connectivity index (χ0n) is 23.2. The number of aromatic carboxylic acids is 1. The third-order valence-corrected chi connectivity index (χ3v) is 6.82. The molecule has 214 valence electrons. The lowest BCUT2D eigenvalue weighted by molar-refractivity contribution is 0.0697. The van der Waals surface area contributed by atoms with Crippen molar-refractivity contribution in [2.45, 2.75) is 6.61 Å². The van der Waals surface area contributed by atoms with Gasteiger partial charge in [0.2, 0.25) is 5.82 Å². The van der Waals surface area contributed by atoms with Crippen LogP contribution in [0.4, 0.5) is 0 Å². The summed E-state index contributed by atoms with van der Waals surface area (Å²) in [5.41, 5.74) is 2.40. The monoisotopic (exact) mass is 575 g/mol. The highest BCUT2D eigenvalue weighted by Gasteiger charge is 2.18. The summed E-state index contributed by atoms with van der Waals surface area (Å²) in [7, 11) is 3.11. The van der Waals surface area contributed by atoms with Crippen LogP contribution in [0.3, 0.4) is 0 Å². The van der Waals surface area contributed by atoms with Gasteiger partial charge < -0.3 is 23.7 Å². The second-order valence-electron chi connectivity index (χ2n) is 9.50. The van der Waals surface area contributed by atoms with Crippen molar-refractivity contribution in [2.24, 2.45) is 5.10 Å². The molecule has 2 aromatic heterocycles. The topological polar surface area (TPSA) is 125 Å². The van der Waals surface area contributed by atoms with E-state index in [1.165, 1.54) is 30.1 Å². The van der Waals surface area contributed by atoms with Crippen LogP contribution < -0.4 is 19.8 Å². The molecule has 1 N–H and O–H groups in total. The van der Waals surface area contributed by atoms with Gasteiger partial charge in [-0.15, -0.1) is 0 Å². The molecule has 0 aliphatic heterocycles. The summed E-state index contributed by atoms with van der Waals surface area (Å²) in [5, 5.41) is 14.8. The van der Waals surface area contributed by atoms with E-state index in [1.807, 2.05) is 24.3 Å². The van der Waals surface area contributed by atoms with E-state index in [-0.39, 0.29) is 23.6 Å². The van der Waals surface area contributed by atoms with Crippen molar-refractivity contribution in [3.63, 3.8) is 0 Å². The normalized spacial score (nSPS) is 11.3. The predicted molar refractivity (Wildman–Crippen MR) is 161 cm³/mol. The summed E-state index contributed by atoms with van der Waals surface area (Å²) in [6.07, 6.45) is 1.53. The molecule has 0 aliphatic rings. The number of aromatic nitrogens is 2. The molecule has 0 aliphatic carbocycles. The van der Waals surface area contributed by atoms with Crippen molar-refractivity contribution in [1.82, 2.24) is 9.66 Å². The number of methoxy groups -OCH3 is 2. The Balaban J connectivity index is 1.34. The lowest BCUT2D eigenvalue weighted by atomic mass is 10.1. The highest BCUT2D eigenvalue weighted by Crippen LogP contribution is 2.33. The van der Waals surface area contributed by atoms with E-state index in [2.05, 4.69) is 5.10 Å². The van der Waals surface area contributed by atoms with Crippen LogP contribution in [-0.4, -0.2) is 41.2 Å². The fraction of sp³-hybridized carbons (Fsp3) is 0.0909. The first-order valence-electron chi connectivity index (χ1n) is 13.2. The van der Waals surface area contributed by atoms with Gasteiger partial charge in [0, 0.05) is 0 Å². The number of benzene rings is 4. The van der Waals surface area contributed by atoms with Gasteiger partial charge in [0.25, 0.3) is 5.56 Å². The van der Waals surface area contributed by atoms with E-state index >= 15 is 0 Å². The van der Waals surface area contributed by atoms with Gasteiger partial charge in [-0.1, -0.05) is 30.3 Å². The summed E-state index contributed by atoms with van der Waals surface area (Å²) in [6.45, 7) is 0.216. The lowest BCUT2D eigenvalue weighted by Gasteiger charge is -2.12. The van der Waals surface area contributed by atoms with Gasteiger partial charge >= 0.3 is 5.97 Å². The number of furan rings is 1. The van der Waals surface area contributed by atoms with E-state index in [0.29, 0.717) is 45.1 Å². The first-order chi connectivity index (χ1) is 20.9. The van der Waals surface area contributed by atoms with Crippen LogP contribution >= 0.6 is 0 Å². The number of rotatable bonds is 9. The average molecular weight is 576 g/mol. The molecular weight excluding hydrogens is 550 g/mol. The Morgan fingerprint density at radius 1 is 0.907 bits per heavy atom. The molecule has 0 amide bonds. The number of nitrogens with zero attached hydrogens (tertiary/aromatic N) is 3. The molecule has 4 aromatic carbocycles. The van der Waals surface area contributed by atoms with Gasteiger partial charge in [-0.05, 0) is 71.8 Å². The van der Waals surface area contributed by atoms with Crippen LogP contribution in [0.25, 0.3) is 33.5 Å². The number of carboxylic acids is 1. The number of para-hydroxylation sites is 1. The molecule has 0 unspecified atom stereocenters. The Morgan fingerprint density at radius 3 is 2.47 bits per heavy atom. The van der Waals surface area contributed by atoms with Gasteiger partial charge in [0.15, 0.2) is 17.3 Å². The smallest absolute Gasteiger partial charge is 0.335 e. The Morgan fingerprint density at radius 2 is 1.70 bits per heavy atom. The van der Waals surface area contributed by atoms with E-state index < -0.39 is 5.97 Å². The Hall–Kier alpha value is -5.90. The molecule has 6 rings (SSSR count). The zero-order chi connectivity index (χ0) is 29.9. The minimum atomic E-state index is -0.988. The van der Waals surface area contributed by atoms with Gasteiger partial charge in [0.05, 0.1) is 42.3 Å². The SMILES string of the molecule is COc1cc(C=Nn2c(-c3cc4c(OC)cccc4o3)nc3ccccc3c2=O)ccc1OCc1ccc(C(=O)O)cc1. The van der Waals surface area contributed by atoms with E-state index in [9.17, 15) is 9.59 Å². The lowest BCUT2D eigenvalue weighted by Crippen LogP contribution is -2.20. The maximum absolute atomic E-state index is 13.6. The first-order valence-corrected chi connectivity index (χ1v) is 13.2. The molecule has 0 spiro atoms. The van der Waals surface area contributed by atoms with Crippen LogP contribution in [0, 0.1) is 0 Å². The molecule has 43 heavy (non-hydrogen) atoms. The van der Waals surface area contributed by atoms with Gasteiger partial charge in [-0.25, -0.2) is 9.78 Å². The van der Waals surface area contributed by atoms with Crippen molar-refractivity contribution in [3.8, 4) is 28.8 Å². The van der Waals surface area contributed by atoms with Crippen LogP contribution in [0.5, 0.6) is 17.2 Å². The Labute approximate surface area is 245 Å². The minimum Gasteiger partial charge on any atom is -0.496 e. The van der Waals surface area contributed by atoms with Crippen molar-refractivity contribution in [2.75, 3.05) is 14.2 Å². The highest BCUT2D eigenvalue weighted by atomic mass is 16.5.